The van der Waals surface area contributed by atoms with Crippen LogP contribution >= 0.6 is 0 Å². The van der Waals surface area contributed by atoms with Crippen molar-refractivity contribution in [1.29, 1.82) is 0 Å². The molecule has 5 aliphatic rings. The van der Waals surface area contributed by atoms with E-state index in [-0.39, 0.29) is 5.41 Å². The fraction of sp³-hybridized carbons (Fsp3) is 0.643. The van der Waals surface area contributed by atoms with Gasteiger partial charge in [0.05, 0.1) is 12.2 Å². The van der Waals surface area contributed by atoms with Crippen LogP contribution in [0.1, 0.15) is 77.8 Å². The maximum atomic E-state index is 7.10. The Kier molecular flexibility index (Phi) is 3.17. The largest absolute Gasteiger partial charge is 0.370 e. The van der Waals surface area contributed by atoms with Crippen LogP contribution in [0.5, 0.6) is 0 Å². The molecule has 2 nitrogen and oxygen atoms in total. The number of fused-ring (bicyclic) bond motifs is 4. The van der Waals surface area contributed by atoms with Crippen LogP contribution in [-0.4, -0.2) is 17.2 Å². The first kappa shape index (κ1) is 18.1. The molecule has 4 aliphatic carbocycles. The molecule has 1 aliphatic heterocycles. The Morgan fingerprint density at radius 2 is 1.90 bits per heavy atom. The molecule has 2 aromatic rings. The SMILES string of the molecule is C[C@@H]1CC[C@@]2(C)[C@H](C)CC[C@@H]3OC4C[C@@]32[C@@H]1C1=C4C(C)(C)c2cccc3[nH]cc1c23. The third-order valence-electron chi connectivity index (χ3n) is 10.9. The number of aromatic nitrogens is 1. The highest BCUT2D eigenvalue weighted by molar-refractivity contribution is 6.01. The first-order chi connectivity index (χ1) is 14.3. The maximum absolute atomic E-state index is 7.10. The fourth-order valence-electron chi connectivity index (χ4n) is 9.44. The van der Waals surface area contributed by atoms with Gasteiger partial charge in [0.25, 0.3) is 0 Å². The van der Waals surface area contributed by atoms with Gasteiger partial charge in [0, 0.05) is 33.5 Å². The third-order valence-corrected chi connectivity index (χ3v) is 10.9. The van der Waals surface area contributed by atoms with Gasteiger partial charge < -0.3 is 9.72 Å². The van der Waals surface area contributed by atoms with Gasteiger partial charge in [-0.1, -0.05) is 46.8 Å². The van der Waals surface area contributed by atoms with Crippen molar-refractivity contribution in [3.05, 3.63) is 41.1 Å². The molecule has 7 atom stereocenters. The van der Waals surface area contributed by atoms with Gasteiger partial charge in [-0.05, 0) is 78.0 Å². The minimum Gasteiger partial charge on any atom is -0.370 e. The topological polar surface area (TPSA) is 25.0 Å². The standard InChI is InChI=1S/C28H35NO/c1-15-11-12-27(5)16(2)9-10-21-28(27)13-20(30-21)25-23(24(15)28)17-14-29-19-8-6-7-18(22(17)19)26(25,3)4/h6-8,14-16,20-21,24,29H,9-13H2,1-5H3/t15-,16-,20?,21+,24+,27+,28+/m1/s1. The fourth-order valence-corrected chi connectivity index (χ4v) is 9.44. The van der Waals surface area contributed by atoms with Crippen molar-refractivity contribution in [2.24, 2.45) is 28.6 Å². The molecule has 1 saturated heterocycles. The minimum absolute atomic E-state index is 0.0307. The minimum atomic E-state index is 0.0307. The summed E-state index contributed by atoms with van der Waals surface area (Å²) in [5.74, 6) is 2.15. The molecule has 1 N–H and O–H groups in total. The van der Waals surface area contributed by atoms with Crippen molar-refractivity contribution >= 4 is 16.5 Å². The zero-order chi connectivity index (χ0) is 20.6. The summed E-state index contributed by atoms with van der Waals surface area (Å²) in [6.07, 6.45) is 9.65. The predicted octanol–water partition coefficient (Wildman–Crippen LogP) is 6.85. The summed E-state index contributed by atoms with van der Waals surface area (Å²) in [6.45, 7) is 12.7. The first-order valence-corrected chi connectivity index (χ1v) is 12.3. The van der Waals surface area contributed by atoms with Crippen LogP contribution in [0.3, 0.4) is 0 Å². The molecule has 2 bridgehead atoms. The molecule has 2 saturated carbocycles. The lowest BCUT2D eigenvalue weighted by atomic mass is 9.37. The van der Waals surface area contributed by atoms with Crippen LogP contribution in [0.2, 0.25) is 0 Å². The van der Waals surface area contributed by atoms with Crippen molar-refractivity contribution in [2.75, 3.05) is 0 Å². The lowest BCUT2D eigenvalue weighted by Gasteiger charge is -2.65. The Balaban J connectivity index is 1.58. The number of allylic oxidation sites excluding steroid dienone is 1. The molecule has 158 valence electrons. The van der Waals surface area contributed by atoms with Crippen molar-refractivity contribution in [3.63, 3.8) is 0 Å². The first-order valence-electron chi connectivity index (χ1n) is 12.3. The van der Waals surface area contributed by atoms with E-state index < -0.39 is 0 Å². The number of benzene rings is 1. The summed E-state index contributed by atoms with van der Waals surface area (Å²) in [6, 6.07) is 6.86. The van der Waals surface area contributed by atoms with E-state index in [1.54, 1.807) is 11.1 Å². The second kappa shape index (κ2) is 5.26. The number of rotatable bonds is 0. The van der Waals surface area contributed by atoms with E-state index in [0.29, 0.717) is 29.0 Å². The van der Waals surface area contributed by atoms with Gasteiger partial charge in [0.1, 0.15) is 0 Å². The van der Waals surface area contributed by atoms with Crippen LogP contribution in [-0.2, 0) is 10.2 Å². The normalized spacial score (nSPS) is 45.4. The van der Waals surface area contributed by atoms with Gasteiger partial charge in [-0.25, -0.2) is 0 Å². The summed E-state index contributed by atoms with van der Waals surface area (Å²) in [5, 5.41) is 1.49. The van der Waals surface area contributed by atoms with Crippen LogP contribution < -0.4 is 0 Å². The molecular formula is C28H35NO. The van der Waals surface area contributed by atoms with Crippen molar-refractivity contribution in [1.82, 2.24) is 4.98 Å². The highest BCUT2D eigenvalue weighted by Crippen LogP contribution is 2.75. The summed E-state index contributed by atoms with van der Waals surface area (Å²) in [7, 11) is 0. The van der Waals surface area contributed by atoms with E-state index in [4.69, 9.17) is 4.74 Å². The summed E-state index contributed by atoms with van der Waals surface area (Å²) < 4.78 is 7.10. The molecule has 1 aromatic heterocycles. The average Bonchev–Trinajstić information content (AvgIpc) is 3.28. The highest BCUT2D eigenvalue weighted by Gasteiger charge is 2.71. The molecule has 2 heteroatoms. The molecule has 1 unspecified atom stereocenters. The quantitative estimate of drug-likeness (QED) is 0.513. The third kappa shape index (κ3) is 1.70. The number of ether oxygens (including phenoxy) is 1. The molecule has 2 heterocycles. The van der Waals surface area contributed by atoms with Crippen LogP contribution in [0, 0.1) is 28.6 Å². The Morgan fingerprint density at radius 3 is 2.73 bits per heavy atom. The van der Waals surface area contributed by atoms with E-state index >= 15 is 0 Å². The Bertz CT molecular complexity index is 1120. The molecule has 30 heavy (non-hydrogen) atoms. The maximum Gasteiger partial charge on any atom is 0.0810 e. The van der Waals surface area contributed by atoms with Crippen molar-refractivity contribution < 1.29 is 4.74 Å². The molecule has 3 fully saturated rings. The summed E-state index contributed by atoms with van der Waals surface area (Å²) in [4.78, 5) is 3.64. The number of hydrogen-bond acceptors (Lipinski definition) is 1. The zero-order valence-corrected chi connectivity index (χ0v) is 19.1. The van der Waals surface area contributed by atoms with Crippen molar-refractivity contribution in [3.8, 4) is 0 Å². The van der Waals surface area contributed by atoms with E-state index in [9.17, 15) is 0 Å². The smallest absolute Gasteiger partial charge is 0.0810 e. The van der Waals surface area contributed by atoms with Gasteiger partial charge in [0.15, 0.2) is 0 Å². The number of aromatic amines is 1. The number of nitrogens with one attached hydrogen (secondary N) is 1. The van der Waals surface area contributed by atoms with E-state index in [0.717, 1.165) is 11.8 Å². The van der Waals surface area contributed by atoms with E-state index in [2.05, 4.69) is 64.0 Å². The summed E-state index contributed by atoms with van der Waals surface area (Å²) in [5.41, 5.74) is 8.36. The van der Waals surface area contributed by atoms with Crippen molar-refractivity contribution in [2.45, 2.75) is 84.3 Å². The number of H-pyrrole nitrogens is 1. The molecule has 0 amide bonds. The molecule has 7 rings (SSSR count). The second-order valence-corrected chi connectivity index (χ2v) is 12.1. The monoisotopic (exact) mass is 401 g/mol. The lowest BCUT2D eigenvalue weighted by Crippen LogP contribution is -2.61. The number of hydrogen-bond donors (Lipinski definition) is 1. The second-order valence-electron chi connectivity index (χ2n) is 12.1. The highest BCUT2D eigenvalue weighted by atomic mass is 16.5. The van der Waals surface area contributed by atoms with Gasteiger partial charge in [-0.2, -0.15) is 0 Å². The molecular weight excluding hydrogens is 366 g/mol. The van der Waals surface area contributed by atoms with Gasteiger partial charge in [-0.15, -0.1) is 0 Å². The Morgan fingerprint density at radius 1 is 1.07 bits per heavy atom. The Labute approximate surface area is 180 Å². The van der Waals surface area contributed by atoms with Gasteiger partial charge >= 0.3 is 0 Å². The van der Waals surface area contributed by atoms with Crippen LogP contribution in [0.4, 0.5) is 0 Å². The van der Waals surface area contributed by atoms with Gasteiger partial charge in [0.2, 0.25) is 0 Å². The Hall–Kier alpha value is -1.54. The van der Waals surface area contributed by atoms with Crippen LogP contribution in [0.25, 0.3) is 16.5 Å². The zero-order valence-electron chi connectivity index (χ0n) is 19.1. The predicted molar refractivity (Wildman–Crippen MR) is 122 cm³/mol. The summed E-state index contributed by atoms with van der Waals surface area (Å²) >= 11 is 0. The molecule has 1 spiro atoms. The molecule has 0 radical (unpaired) electrons. The van der Waals surface area contributed by atoms with Gasteiger partial charge in [-0.3, -0.25) is 0 Å². The average molecular weight is 402 g/mol. The van der Waals surface area contributed by atoms with Crippen LogP contribution in [0.15, 0.2) is 30.0 Å². The molecule has 1 aromatic carbocycles. The van der Waals surface area contributed by atoms with E-state index in [1.165, 1.54) is 54.1 Å². The lowest BCUT2D eigenvalue weighted by molar-refractivity contribution is -0.158. The van der Waals surface area contributed by atoms with E-state index in [1.807, 2.05) is 0 Å².